The number of hydrogen-bond donors (Lipinski definition) is 1. The number of rotatable bonds is 6. The summed E-state index contributed by atoms with van der Waals surface area (Å²) in [6, 6.07) is 8.67. The number of benzene rings is 1. The van der Waals surface area contributed by atoms with E-state index >= 15 is 0 Å². The van der Waals surface area contributed by atoms with Crippen molar-refractivity contribution >= 4 is 15.0 Å². The molecule has 0 saturated heterocycles. The van der Waals surface area contributed by atoms with Crippen molar-refractivity contribution in [2.24, 2.45) is 0 Å². The summed E-state index contributed by atoms with van der Waals surface area (Å²) in [7, 11) is -1.20. The van der Waals surface area contributed by atoms with Gasteiger partial charge in [0, 0.05) is 24.9 Å². The molecule has 0 aliphatic carbocycles. The highest BCUT2D eigenvalue weighted by molar-refractivity contribution is 6.44. The minimum Gasteiger partial charge on any atom is -0.399 e. The first-order valence-corrected chi connectivity index (χ1v) is 6.75. The van der Waals surface area contributed by atoms with Gasteiger partial charge in [0.2, 0.25) is 0 Å². The average molecular weight is 224 g/mol. The Labute approximate surface area is 93.0 Å². The molecule has 0 aliphatic rings. The van der Waals surface area contributed by atoms with Crippen LogP contribution in [0.2, 0.25) is 0 Å². The largest absolute Gasteiger partial charge is 0.399 e. The van der Waals surface area contributed by atoms with Crippen molar-refractivity contribution in [2.45, 2.75) is 19.9 Å². The molecule has 83 valence electrons. The number of nitrogens with two attached hydrogens (primary N) is 1. The summed E-state index contributed by atoms with van der Waals surface area (Å²) in [4.78, 5) is 0. The van der Waals surface area contributed by atoms with Gasteiger partial charge in [0.25, 0.3) is 0 Å². The van der Waals surface area contributed by atoms with Crippen LogP contribution in [-0.2, 0) is 14.9 Å². The van der Waals surface area contributed by atoms with Crippen LogP contribution >= 0.6 is 0 Å². The minimum absolute atomic E-state index is 0.695. The molecule has 0 fully saturated rings. The maximum Gasteiger partial charge on any atom is 0.389 e. The lowest BCUT2D eigenvalue weighted by Gasteiger charge is -2.14. The van der Waals surface area contributed by atoms with Crippen LogP contribution in [-0.4, -0.2) is 22.5 Å². The molecule has 0 unspecified atom stereocenters. The lowest BCUT2D eigenvalue weighted by molar-refractivity contribution is 0.213. The van der Waals surface area contributed by atoms with Crippen molar-refractivity contribution in [3.05, 3.63) is 29.8 Å². The summed E-state index contributed by atoms with van der Waals surface area (Å²) >= 11 is 0. The van der Waals surface area contributed by atoms with Crippen molar-refractivity contribution in [1.82, 2.24) is 0 Å². The van der Waals surface area contributed by atoms with Gasteiger partial charge in [0.15, 0.2) is 0 Å². The van der Waals surface area contributed by atoms with Crippen molar-refractivity contribution in [3.8, 4) is 0 Å². The third kappa shape index (κ3) is 4.03. The monoisotopic (exact) mass is 224 g/mol. The van der Waals surface area contributed by atoms with E-state index in [1.54, 1.807) is 0 Å². The van der Waals surface area contributed by atoms with Gasteiger partial charge in [-0.2, -0.15) is 0 Å². The van der Waals surface area contributed by atoms with Crippen molar-refractivity contribution in [3.63, 3.8) is 0 Å². The maximum absolute atomic E-state index is 5.87. The SMILES string of the molecule is CCO[Si](Cc1ccccc1N)OCC. The molecule has 1 aromatic carbocycles. The van der Waals surface area contributed by atoms with Crippen LogP contribution in [0.1, 0.15) is 19.4 Å². The molecular formula is C11H18NO2Si. The van der Waals surface area contributed by atoms with Crippen molar-refractivity contribution < 1.29 is 8.85 Å². The highest BCUT2D eigenvalue weighted by Gasteiger charge is 2.16. The van der Waals surface area contributed by atoms with E-state index in [0.29, 0.717) is 13.2 Å². The second-order valence-corrected chi connectivity index (χ2v) is 4.79. The van der Waals surface area contributed by atoms with E-state index in [4.69, 9.17) is 14.6 Å². The highest BCUT2D eigenvalue weighted by atomic mass is 28.3. The standard InChI is InChI=1S/C11H18NO2Si/c1-3-13-15(14-4-2)9-10-7-5-6-8-11(10)12/h5-8H,3-4,9,12H2,1-2H3. The summed E-state index contributed by atoms with van der Waals surface area (Å²) < 4.78 is 11.1. The van der Waals surface area contributed by atoms with Crippen LogP contribution in [0.25, 0.3) is 0 Å². The van der Waals surface area contributed by atoms with Crippen LogP contribution in [0.4, 0.5) is 5.69 Å². The van der Waals surface area contributed by atoms with E-state index < -0.39 is 9.28 Å². The van der Waals surface area contributed by atoms with E-state index in [1.165, 1.54) is 0 Å². The molecule has 0 aromatic heterocycles. The van der Waals surface area contributed by atoms with Crippen LogP contribution in [0.3, 0.4) is 0 Å². The van der Waals surface area contributed by atoms with Crippen LogP contribution in [0.5, 0.6) is 0 Å². The molecule has 0 aliphatic heterocycles. The van der Waals surface area contributed by atoms with Gasteiger partial charge < -0.3 is 14.6 Å². The lowest BCUT2D eigenvalue weighted by Crippen LogP contribution is -2.26. The van der Waals surface area contributed by atoms with Crippen LogP contribution in [0, 0.1) is 0 Å². The second-order valence-electron chi connectivity index (χ2n) is 3.11. The predicted octanol–water partition coefficient (Wildman–Crippen LogP) is 1.91. The van der Waals surface area contributed by atoms with Gasteiger partial charge in [-0.3, -0.25) is 0 Å². The molecule has 0 atom stereocenters. The Balaban J connectivity index is 2.60. The van der Waals surface area contributed by atoms with Crippen molar-refractivity contribution in [1.29, 1.82) is 0 Å². The third-order valence-corrected chi connectivity index (χ3v) is 3.89. The average Bonchev–Trinajstić information content (AvgIpc) is 2.22. The van der Waals surface area contributed by atoms with Gasteiger partial charge >= 0.3 is 9.28 Å². The fourth-order valence-electron chi connectivity index (χ4n) is 1.32. The van der Waals surface area contributed by atoms with Gasteiger partial charge in [0.05, 0.1) is 0 Å². The number of anilines is 1. The summed E-state index contributed by atoms with van der Waals surface area (Å²) in [5.41, 5.74) is 7.80. The smallest absolute Gasteiger partial charge is 0.389 e. The van der Waals surface area contributed by atoms with Gasteiger partial charge in [-0.1, -0.05) is 18.2 Å². The van der Waals surface area contributed by atoms with Gasteiger partial charge in [-0.15, -0.1) is 0 Å². The van der Waals surface area contributed by atoms with Crippen LogP contribution in [0.15, 0.2) is 24.3 Å². The minimum atomic E-state index is -1.20. The molecule has 0 saturated carbocycles. The normalized spacial score (nSPS) is 10.9. The number of hydrogen-bond acceptors (Lipinski definition) is 3. The first-order valence-electron chi connectivity index (χ1n) is 5.22. The summed E-state index contributed by atoms with van der Waals surface area (Å²) in [6.45, 7) is 5.36. The molecule has 0 heterocycles. The zero-order valence-corrected chi connectivity index (χ0v) is 10.3. The number of para-hydroxylation sites is 1. The molecular weight excluding hydrogens is 206 g/mol. The maximum atomic E-state index is 5.87. The Morgan fingerprint density at radius 3 is 2.27 bits per heavy atom. The zero-order chi connectivity index (χ0) is 11.1. The molecule has 4 heteroatoms. The van der Waals surface area contributed by atoms with Gasteiger partial charge in [-0.25, -0.2) is 0 Å². The fraction of sp³-hybridized carbons (Fsp3) is 0.455. The molecule has 15 heavy (non-hydrogen) atoms. The topological polar surface area (TPSA) is 44.5 Å². The Hall–Kier alpha value is -0.843. The second kappa shape index (κ2) is 6.61. The van der Waals surface area contributed by atoms with Gasteiger partial charge in [-0.05, 0) is 25.5 Å². The predicted molar refractivity (Wildman–Crippen MR) is 63.6 cm³/mol. The van der Waals surface area contributed by atoms with E-state index in [9.17, 15) is 0 Å². The quantitative estimate of drug-likeness (QED) is 0.593. The van der Waals surface area contributed by atoms with E-state index in [-0.39, 0.29) is 0 Å². The Morgan fingerprint density at radius 2 is 1.73 bits per heavy atom. The lowest BCUT2D eigenvalue weighted by atomic mass is 10.2. The number of nitrogen functional groups attached to an aromatic ring is 1. The Kier molecular flexibility index (Phi) is 5.38. The summed E-state index contributed by atoms with van der Waals surface area (Å²) in [5, 5.41) is 0. The van der Waals surface area contributed by atoms with Gasteiger partial charge in [0.1, 0.15) is 0 Å². The first kappa shape index (κ1) is 12.2. The first-order chi connectivity index (χ1) is 7.27. The molecule has 0 amide bonds. The molecule has 0 spiro atoms. The highest BCUT2D eigenvalue weighted by Crippen LogP contribution is 2.13. The van der Waals surface area contributed by atoms with E-state index in [2.05, 4.69) is 0 Å². The molecule has 1 rings (SSSR count). The fourth-order valence-corrected chi connectivity index (χ4v) is 2.88. The third-order valence-electron chi connectivity index (χ3n) is 2.00. The Morgan fingerprint density at radius 1 is 1.13 bits per heavy atom. The summed E-state index contributed by atoms with van der Waals surface area (Å²) in [6.07, 6.45) is 0. The molecule has 2 N–H and O–H groups in total. The molecule has 1 radical (unpaired) electrons. The van der Waals surface area contributed by atoms with Crippen molar-refractivity contribution in [2.75, 3.05) is 18.9 Å². The van der Waals surface area contributed by atoms with Crippen LogP contribution < -0.4 is 5.73 Å². The molecule has 1 aromatic rings. The summed E-state index contributed by atoms with van der Waals surface area (Å²) in [5.74, 6) is 0. The zero-order valence-electron chi connectivity index (χ0n) is 9.32. The van der Waals surface area contributed by atoms with E-state index in [1.807, 2.05) is 38.1 Å². The molecule has 0 bridgehead atoms. The molecule has 3 nitrogen and oxygen atoms in total. The van der Waals surface area contributed by atoms with E-state index in [0.717, 1.165) is 17.3 Å². The Bertz CT molecular complexity index is 288.